The van der Waals surface area contributed by atoms with E-state index in [4.69, 9.17) is 27.9 Å². The first-order valence-corrected chi connectivity index (χ1v) is 7.57. The molecule has 21 heavy (non-hydrogen) atoms. The van der Waals surface area contributed by atoms with E-state index in [2.05, 4.69) is 10.3 Å². The van der Waals surface area contributed by atoms with E-state index in [-0.39, 0.29) is 6.10 Å². The van der Waals surface area contributed by atoms with Crippen molar-refractivity contribution in [2.75, 3.05) is 0 Å². The lowest BCUT2D eigenvalue weighted by atomic mass is 10.2. The van der Waals surface area contributed by atoms with Crippen LogP contribution in [0.4, 0.5) is 0 Å². The Morgan fingerprint density at radius 2 is 2.00 bits per heavy atom. The first kappa shape index (κ1) is 16.1. The number of halogens is 2. The van der Waals surface area contributed by atoms with E-state index >= 15 is 0 Å². The Morgan fingerprint density at radius 1 is 1.19 bits per heavy atom. The maximum absolute atomic E-state index is 6.23. The molecular weight excluding hydrogens is 307 g/mol. The number of benzene rings is 1. The molecule has 2 aromatic rings. The number of hydrogen-bond acceptors (Lipinski definition) is 3. The molecule has 1 aromatic carbocycles. The highest BCUT2D eigenvalue weighted by Crippen LogP contribution is 2.33. The van der Waals surface area contributed by atoms with E-state index in [0.717, 1.165) is 11.3 Å². The van der Waals surface area contributed by atoms with Crippen molar-refractivity contribution < 1.29 is 4.74 Å². The van der Waals surface area contributed by atoms with Crippen molar-refractivity contribution in [3.8, 4) is 5.75 Å². The molecule has 0 spiro atoms. The van der Waals surface area contributed by atoms with Crippen LogP contribution in [0.25, 0.3) is 0 Å². The summed E-state index contributed by atoms with van der Waals surface area (Å²) in [6.45, 7) is 5.22. The van der Waals surface area contributed by atoms with Crippen molar-refractivity contribution >= 4 is 23.2 Å². The second-order valence-corrected chi connectivity index (χ2v) is 5.81. The van der Waals surface area contributed by atoms with Crippen LogP contribution in [0, 0.1) is 0 Å². The van der Waals surface area contributed by atoms with E-state index in [1.165, 1.54) is 0 Å². The SMILES string of the molecule is CC(C)Oc1c(Cl)cc(Cl)cc1CNCc1ccccn1. The molecular formula is C16H18Cl2N2O. The molecule has 1 heterocycles. The Hall–Kier alpha value is -1.29. The number of hydrogen-bond donors (Lipinski definition) is 1. The lowest BCUT2D eigenvalue weighted by Gasteiger charge is -2.16. The molecule has 2 rings (SSSR count). The summed E-state index contributed by atoms with van der Waals surface area (Å²) >= 11 is 12.3. The topological polar surface area (TPSA) is 34.1 Å². The van der Waals surface area contributed by atoms with Crippen LogP contribution in [0.15, 0.2) is 36.5 Å². The number of aromatic nitrogens is 1. The predicted octanol–water partition coefficient (Wildman–Crippen LogP) is 4.47. The summed E-state index contributed by atoms with van der Waals surface area (Å²) in [6.07, 6.45) is 1.83. The minimum atomic E-state index is 0.0539. The molecule has 0 fully saturated rings. The zero-order chi connectivity index (χ0) is 15.2. The lowest BCUT2D eigenvalue weighted by Crippen LogP contribution is -2.16. The van der Waals surface area contributed by atoms with E-state index in [0.29, 0.717) is 28.9 Å². The average Bonchev–Trinajstić information content (AvgIpc) is 2.43. The summed E-state index contributed by atoms with van der Waals surface area (Å²) in [5.74, 6) is 0.685. The molecule has 5 heteroatoms. The third-order valence-corrected chi connectivity index (χ3v) is 3.29. The van der Waals surface area contributed by atoms with Crippen LogP contribution < -0.4 is 10.1 Å². The fourth-order valence-corrected chi connectivity index (χ4v) is 2.52. The van der Waals surface area contributed by atoms with Crippen molar-refractivity contribution in [3.63, 3.8) is 0 Å². The summed E-state index contributed by atoms with van der Waals surface area (Å²) in [5.41, 5.74) is 1.93. The highest BCUT2D eigenvalue weighted by Gasteiger charge is 2.12. The Kier molecular flexibility index (Phi) is 5.85. The molecule has 0 radical (unpaired) electrons. The molecule has 0 unspecified atom stereocenters. The Bertz CT molecular complexity index is 588. The van der Waals surface area contributed by atoms with E-state index in [1.54, 1.807) is 12.3 Å². The molecule has 0 aliphatic rings. The molecule has 1 N–H and O–H groups in total. The van der Waals surface area contributed by atoms with Crippen molar-refractivity contribution in [3.05, 3.63) is 57.8 Å². The zero-order valence-corrected chi connectivity index (χ0v) is 13.6. The number of nitrogens with one attached hydrogen (secondary N) is 1. The summed E-state index contributed by atoms with van der Waals surface area (Å²) < 4.78 is 5.79. The van der Waals surface area contributed by atoms with Crippen molar-refractivity contribution in [2.24, 2.45) is 0 Å². The van der Waals surface area contributed by atoms with Crippen LogP contribution in [0.2, 0.25) is 10.0 Å². The Balaban J connectivity index is 2.07. The van der Waals surface area contributed by atoms with Gasteiger partial charge in [-0.2, -0.15) is 0 Å². The summed E-state index contributed by atoms with van der Waals surface area (Å²) in [7, 11) is 0. The molecule has 1 aromatic heterocycles. The molecule has 0 amide bonds. The van der Waals surface area contributed by atoms with Gasteiger partial charge in [-0.05, 0) is 38.1 Å². The quantitative estimate of drug-likeness (QED) is 0.851. The van der Waals surface area contributed by atoms with Crippen molar-refractivity contribution in [1.29, 1.82) is 0 Å². The number of pyridine rings is 1. The van der Waals surface area contributed by atoms with Gasteiger partial charge in [-0.3, -0.25) is 4.98 Å². The van der Waals surface area contributed by atoms with Gasteiger partial charge in [0, 0.05) is 29.9 Å². The van der Waals surface area contributed by atoms with E-state index in [9.17, 15) is 0 Å². The molecule has 0 saturated heterocycles. The van der Waals surface area contributed by atoms with Crippen molar-refractivity contribution in [1.82, 2.24) is 10.3 Å². The van der Waals surface area contributed by atoms with Gasteiger partial charge in [0.15, 0.2) is 0 Å². The van der Waals surface area contributed by atoms with Crippen LogP contribution >= 0.6 is 23.2 Å². The van der Waals surface area contributed by atoms with E-state index < -0.39 is 0 Å². The average molecular weight is 325 g/mol. The van der Waals surface area contributed by atoms with Crippen LogP contribution in [0.3, 0.4) is 0 Å². The fourth-order valence-electron chi connectivity index (χ4n) is 1.94. The highest BCUT2D eigenvalue weighted by molar-refractivity contribution is 6.35. The van der Waals surface area contributed by atoms with Gasteiger partial charge >= 0.3 is 0 Å². The van der Waals surface area contributed by atoms with Crippen LogP contribution in [0.5, 0.6) is 5.75 Å². The van der Waals surface area contributed by atoms with Crippen LogP contribution in [-0.2, 0) is 13.1 Å². The highest BCUT2D eigenvalue weighted by atomic mass is 35.5. The maximum atomic E-state index is 6.23. The van der Waals surface area contributed by atoms with Gasteiger partial charge in [0.1, 0.15) is 5.75 Å². The first-order chi connectivity index (χ1) is 10.1. The van der Waals surface area contributed by atoms with Gasteiger partial charge in [0.2, 0.25) is 0 Å². The molecule has 0 atom stereocenters. The predicted molar refractivity (Wildman–Crippen MR) is 87.0 cm³/mol. The van der Waals surface area contributed by atoms with Gasteiger partial charge in [-0.15, -0.1) is 0 Å². The lowest BCUT2D eigenvalue weighted by molar-refractivity contribution is 0.239. The monoisotopic (exact) mass is 324 g/mol. The molecule has 112 valence electrons. The molecule has 0 aliphatic heterocycles. The van der Waals surface area contributed by atoms with Crippen LogP contribution in [-0.4, -0.2) is 11.1 Å². The number of ether oxygens (including phenoxy) is 1. The third-order valence-electron chi connectivity index (χ3n) is 2.79. The summed E-state index contributed by atoms with van der Waals surface area (Å²) in [5, 5.41) is 4.46. The zero-order valence-electron chi connectivity index (χ0n) is 12.1. The third kappa shape index (κ3) is 4.88. The molecule has 0 saturated carbocycles. The van der Waals surface area contributed by atoms with Gasteiger partial charge in [0.25, 0.3) is 0 Å². The minimum absolute atomic E-state index is 0.0539. The Morgan fingerprint density at radius 3 is 2.67 bits per heavy atom. The van der Waals surface area contributed by atoms with Crippen molar-refractivity contribution in [2.45, 2.75) is 33.0 Å². The largest absolute Gasteiger partial charge is 0.489 e. The Labute approximate surface area is 135 Å². The van der Waals surface area contributed by atoms with Crippen LogP contribution in [0.1, 0.15) is 25.1 Å². The smallest absolute Gasteiger partial charge is 0.142 e. The number of nitrogens with zero attached hydrogens (tertiary/aromatic N) is 1. The molecule has 0 aliphatic carbocycles. The normalized spacial score (nSPS) is 10.9. The van der Waals surface area contributed by atoms with Gasteiger partial charge in [-0.1, -0.05) is 29.3 Å². The minimum Gasteiger partial charge on any atom is -0.489 e. The van der Waals surface area contributed by atoms with Gasteiger partial charge in [-0.25, -0.2) is 0 Å². The second kappa shape index (κ2) is 7.64. The van der Waals surface area contributed by atoms with Gasteiger partial charge < -0.3 is 10.1 Å². The van der Waals surface area contributed by atoms with E-state index in [1.807, 2.05) is 38.1 Å². The molecule has 3 nitrogen and oxygen atoms in total. The summed E-state index contributed by atoms with van der Waals surface area (Å²) in [4.78, 5) is 4.27. The van der Waals surface area contributed by atoms with Gasteiger partial charge in [0.05, 0.1) is 16.8 Å². The second-order valence-electron chi connectivity index (χ2n) is 4.97. The first-order valence-electron chi connectivity index (χ1n) is 6.81. The maximum Gasteiger partial charge on any atom is 0.142 e. The fraction of sp³-hybridized carbons (Fsp3) is 0.312. The standard InChI is InChI=1S/C16H18Cl2N2O/c1-11(2)21-16-12(7-13(17)8-15(16)18)9-19-10-14-5-3-4-6-20-14/h3-8,11,19H,9-10H2,1-2H3. The summed E-state index contributed by atoms with van der Waals surface area (Å²) in [6, 6.07) is 9.41. The number of rotatable bonds is 6. The molecule has 0 bridgehead atoms.